The maximum atomic E-state index is 11.6. The zero-order chi connectivity index (χ0) is 13.1. The molecule has 0 radical (unpaired) electrons. The Balaban J connectivity index is 2.43. The smallest absolute Gasteiger partial charge is 0.326 e. The van der Waals surface area contributed by atoms with E-state index >= 15 is 0 Å². The lowest BCUT2D eigenvalue weighted by Gasteiger charge is -2.07. The van der Waals surface area contributed by atoms with E-state index in [-0.39, 0.29) is 18.4 Å². The first-order valence-corrected chi connectivity index (χ1v) is 6.36. The second-order valence-electron chi connectivity index (χ2n) is 4.04. The van der Waals surface area contributed by atoms with Gasteiger partial charge in [-0.3, -0.25) is 4.79 Å². The van der Waals surface area contributed by atoms with E-state index < -0.39 is 0 Å². The van der Waals surface area contributed by atoms with E-state index in [4.69, 9.17) is 16.3 Å². The Morgan fingerprint density at radius 2 is 2.28 bits per heavy atom. The highest BCUT2D eigenvalue weighted by Crippen LogP contribution is 2.19. The highest BCUT2D eigenvalue weighted by atomic mass is 35.5. The van der Waals surface area contributed by atoms with E-state index in [2.05, 4.69) is 4.98 Å². The first-order valence-electron chi connectivity index (χ1n) is 5.83. The van der Waals surface area contributed by atoms with Gasteiger partial charge < -0.3 is 9.30 Å². The van der Waals surface area contributed by atoms with Crippen molar-refractivity contribution in [2.45, 2.75) is 26.3 Å². The van der Waals surface area contributed by atoms with Crippen LogP contribution in [0.2, 0.25) is 0 Å². The van der Waals surface area contributed by atoms with Crippen LogP contribution in [0.25, 0.3) is 11.0 Å². The number of ether oxygens (including phenoxy) is 1. The number of fused-ring (bicyclic) bond motifs is 1. The lowest BCUT2D eigenvalue weighted by atomic mass is 10.2. The highest BCUT2D eigenvalue weighted by molar-refractivity contribution is 6.16. The molecule has 0 spiro atoms. The molecule has 0 aliphatic heterocycles. The van der Waals surface area contributed by atoms with Crippen LogP contribution in [0.1, 0.15) is 18.3 Å². The normalized spacial score (nSPS) is 10.8. The molecule has 18 heavy (non-hydrogen) atoms. The van der Waals surface area contributed by atoms with Crippen molar-refractivity contribution >= 4 is 28.6 Å². The predicted octanol–water partition coefficient (Wildman–Crippen LogP) is 2.65. The lowest BCUT2D eigenvalue weighted by molar-refractivity contribution is -0.143. The van der Waals surface area contributed by atoms with Crippen LogP contribution in [0.4, 0.5) is 0 Å². The number of aromatic nitrogens is 2. The summed E-state index contributed by atoms with van der Waals surface area (Å²) in [4.78, 5) is 16.0. The molecule has 1 aromatic carbocycles. The molecule has 5 heteroatoms. The minimum absolute atomic E-state index is 0.148. The van der Waals surface area contributed by atoms with Gasteiger partial charge in [0.2, 0.25) is 0 Å². The van der Waals surface area contributed by atoms with Crippen LogP contribution in [0.3, 0.4) is 0 Å². The number of halogens is 1. The molecular formula is C13H15ClN2O2. The SMILES string of the molecule is CCOC(=O)Cn1c(CCl)nc2cc(C)ccc21. The summed E-state index contributed by atoms with van der Waals surface area (Å²) in [5.74, 6) is 0.682. The summed E-state index contributed by atoms with van der Waals surface area (Å²) in [6.45, 7) is 4.32. The maximum Gasteiger partial charge on any atom is 0.326 e. The molecule has 0 bridgehead atoms. The molecule has 0 N–H and O–H groups in total. The number of hydrogen-bond donors (Lipinski definition) is 0. The van der Waals surface area contributed by atoms with E-state index in [1.165, 1.54) is 0 Å². The molecule has 0 amide bonds. The Labute approximate surface area is 111 Å². The van der Waals surface area contributed by atoms with E-state index in [1.807, 2.05) is 25.1 Å². The third-order valence-corrected chi connectivity index (χ3v) is 2.93. The molecule has 0 unspecified atom stereocenters. The molecule has 2 aromatic rings. The van der Waals surface area contributed by atoms with Crippen LogP contribution >= 0.6 is 11.6 Å². The second kappa shape index (κ2) is 5.40. The predicted molar refractivity (Wildman–Crippen MR) is 70.7 cm³/mol. The van der Waals surface area contributed by atoms with Gasteiger partial charge in [-0.15, -0.1) is 11.6 Å². The number of alkyl halides is 1. The van der Waals surface area contributed by atoms with Crippen LogP contribution in [0, 0.1) is 6.92 Å². The Kier molecular flexibility index (Phi) is 3.87. The molecule has 0 saturated heterocycles. The first-order chi connectivity index (χ1) is 8.65. The average Bonchev–Trinajstić information content (AvgIpc) is 2.66. The number of esters is 1. The van der Waals surface area contributed by atoms with Gasteiger partial charge in [0.15, 0.2) is 0 Å². The van der Waals surface area contributed by atoms with Gasteiger partial charge in [0.05, 0.1) is 23.5 Å². The van der Waals surface area contributed by atoms with Crippen molar-refractivity contribution in [3.63, 3.8) is 0 Å². The molecule has 0 atom stereocenters. The Hall–Kier alpha value is -1.55. The fraction of sp³-hybridized carbons (Fsp3) is 0.385. The minimum atomic E-state index is -0.274. The fourth-order valence-corrected chi connectivity index (χ4v) is 2.11. The third-order valence-electron chi connectivity index (χ3n) is 2.69. The van der Waals surface area contributed by atoms with Crippen LogP contribution in [-0.4, -0.2) is 22.1 Å². The minimum Gasteiger partial charge on any atom is -0.465 e. The molecule has 0 fully saturated rings. The maximum absolute atomic E-state index is 11.6. The van der Waals surface area contributed by atoms with Crippen LogP contribution in [0.5, 0.6) is 0 Å². The van der Waals surface area contributed by atoms with Gasteiger partial charge in [-0.2, -0.15) is 0 Å². The number of benzene rings is 1. The first kappa shape index (κ1) is 12.9. The molecule has 96 valence electrons. The van der Waals surface area contributed by atoms with Crippen molar-refractivity contribution in [2.24, 2.45) is 0 Å². The van der Waals surface area contributed by atoms with Gasteiger partial charge in [-0.05, 0) is 31.5 Å². The number of hydrogen-bond acceptors (Lipinski definition) is 3. The average molecular weight is 267 g/mol. The lowest BCUT2D eigenvalue weighted by Crippen LogP contribution is -2.15. The van der Waals surface area contributed by atoms with Crippen molar-refractivity contribution in [1.29, 1.82) is 0 Å². The Morgan fingerprint density at radius 3 is 2.94 bits per heavy atom. The number of nitrogens with zero attached hydrogens (tertiary/aromatic N) is 2. The number of imidazole rings is 1. The summed E-state index contributed by atoms with van der Waals surface area (Å²) in [6.07, 6.45) is 0. The standard InChI is InChI=1S/C13H15ClN2O2/c1-3-18-13(17)8-16-11-5-4-9(2)6-10(11)15-12(16)7-14/h4-6H,3,7-8H2,1-2H3. The van der Waals surface area contributed by atoms with Crippen molar-refractivity contribution in [3.8, 4) is 0 Å². The molecule has 1 aromatic heterocycles. The fourth-order valence-electron chi connectivity index (χ4n) is 1.90. The van der Waals surface area contributed by atoms with E-state index in [0.717, 1.165) is 16.6 Å². The van der Waals surface area contributed by atoms with E-state index in [0.29, 0.717) is 12.4 Å². The zero-order valence-electron chi connectivity index (χ0n) is 10.4. The largest absolute Gasteiger partial charge is 0.465 e. The Bertz CT molecular complexity index is 578. The summed E-state index contributed by atoms with van der Waals surface area (Å²) >= 11 is 5.87. The van der Waals surface area contributed by atoms with Gasteiger partial charge in [0, 0.05) is 0 Å². The van der Waals surface area contributed by atoms with Crippen molar-refractivity contribution < 1.29 is 9.53 Å². The monoisotopic (exact) mass is 266 g/mol. The zero-order valence-corrected chi connectivity index (χ0v) is 11.2. The van der Waals surface area contributed by atoms with Gasteiger partial charge in [0.25, 0.3) is 0 Å². The topological polar surface area (TPSA) is 44.1 Å². The van der Waals surface area contributed by atoms with Gasteiger partial charge >= 0.3 is 5.97 Å². The molecule has 4 nitrogen and oxygen atoms in total. The summed E-state index contributed by atoms with van der Waals surface area (Å²) in [7, 11) is 0. The van der Waals surface area contributed by atoms with Crippen molar-refractivity contribution in [3.05, 3.63) is 29.6 Å². The van der Waals surface area contributed by atoms with Gasteiger partial charge in [0.1, 0.15) is 12.4 Å². The van der Waals surface area contributed by atoms with E-state index in [9.17, 15) is 4.79 Å². The van der Waals surface area contributed by atoms with Gasteiger partial charge in [-0.1, -0.05) is 6.07 Å². The van der Waals surface area contributed by atoms with Crippen LogP contribution in [0.15, 0.2) is 18.2 Å². The summed E-state index contributed by atoms with van der Waals surface area (Å²) in [5, 5.41) is 0. The second-order valence-corrected chi connectivity index (χ2v) is 4.31. The Morgan fingerprint density at radius 1 is 1.50 bits per heavy atom. The summed E-state index contributed by atoms with van der Waals surface area (Å²) in [6, 6.07) is 5.92. The summed E-state index contributed by atoms with van der Waals surface area (Å²) in [5.41, 5.74) is 2.89. The quantitative estimate of drug-likeness (QED) is 0.631. The van der Waals surface area contributed by atoms with Crippen LogP contribution < -0.4 is 0 Å². The number of carbonyl (C=O) groups excluding carboxylic acids is 1. The van der Waals surface area contributed by atoms with E-state index in [1.54, 1.807) is 11.5 Å². The third kappa shape index (κ3) is 2.48. The molecule has 0 aliphatic rings. The highest BCUT2D eigenvalue weighted by Gasteiger charge is 2.13. The van der Waals surface area contributed by atoms with Gasteiger partial charge in [-0.25, -0.2) is 4.98 Å². The van der Waals surface area contributed by atoms with Crippen molar-refractivity contribution in [2.75, 3.05) is 6.61 Å². The molecule has 0 saturated carbocycles. The van der Waals surface area contributed by atoms with Crippen LogP contribution in [-0.2, 0) is 22.0 Å². The summed E-state index contributed by atoms with van der Waals surface area (Å²) < 4.78 is 6.76. The molecule has 1 heterocycles. The molecule has 2 rings (SSSR count). The molecular weight excluding hydrogens is 252 g/mol. The van der Waals surface area contributed by atoms with Crippen molar-refractivity contribution in [1.82, 2.24) is 9.55 Å². The number of aryl methyl sites for hydroxylation is 1. The number of carbonyl (C=O) groups is 1. The number of rotatable bonds is 4. The molecule has 0 aliphatic carbocycles.